The van der Waals surface area contributed by atoms with Crippen LogP contribution < -0.4 is 5.32 Å². The molecule has 1 N–H and O–H groups in total. The zero-order valence-corrected chi connectivity index (χ0v) is 13.4. The molecule has 23 heavy (non-hydrogen) atoms. The zero-order chi connectivity index (χ0) is 16.2. The minimum absolute atomic E-state index is 0.00171. The van der Waals surface area contributed by atoms with E-state index in [4.69, 9.17) is 0 Å². The number of nitrogens with one attached hydrogen (secondary N) is 1. The molecule has 2 aliphatic rings. The summed E-state index contributed by atoms with van der Waals surface area (Å²) in [6.07, 6.45) is 7.04. The molecule has 124 valence electrons. The predicted octanol–water partition coefficient (Wildman–Crippen LogP) is 0.932. The summed E-state index contributed by atoms with van der Waals surface area (Å²) in [5.74, 6) is -0.00171. The Morgan fingerprint density at radius 1 is 1.48 bits per heavy atom. The lowest BCUT2D eigenvalue weighted by Gasteiger charge is -2.36. The van der Waals surface area contributed by atoms with Gasteiger partial charge >= 0.3 is 6.03 Å². The molecule has 3 amide bonds. The van der Waals surface area contributed by atoms with Gasteiger partial charge in [-0.1, -0.05) is 0 Å². The summed E-state index contributed by atoms with van der Waals surface area (Å²) in [6, 6.07) is 2.01. The SMILES string of the molecule is CCn1nccc1/C=C/C(=O)N1CCCC(N2CCNC2=O)C1. The van der Waals surface area contributed by atoms with Gasteiger partial charge in [-0.2, -0.15) is 5.10 Å². The number of aromatic nitrogens is 2. The highest BCUT2D eigenvalue weighted by atomic mass is 16.2. The Labute approximate surface area is 135 Å². The Kier molecular flexibility index (Phi) is 4.64. The second-order valence-corrected chi connectivity index (χ2v) is 5.91. The summed E-state index contributed by atoms with van der Waals surface area (Å²) in [5, 5.41) is 7.01. The van der Waals surface area contributed by atoms with Crippen molar-refractivity contribution in [1.82, 2.24) is 24.9 Å². The van der Waals surface area contributed by atoms with Gasteiger partial charge in [0.25, 0.3) is 0 Å². The highest BCUT2D eigenvalue weighted by Crippen LogP contribution is 2.18. The third-order valence-corrected chi connectivity index (χ3v) is 4.48. The molecule has 1 aromatic heterocycles. The minimum atomic E-state index is -0.00770. The Balaban J connectivity index is 1.62. The van der Waals surface area contributed by atoms with Crippen LogP contribution in [0.15, 0.2) is 18.3 Å². The fourth-order valence-electron chi connectivity index (χ4n) is 3.25. The third kappa shape index (κ3) is 3.38. The fourth-order valence-corrected chi connectivity index (χ4v) is 3.25. The molecule has 1 aromatic rings. The van der Waals surface area contributed by atoms with Crippen LogP contribution in [-0.2, 0) is 11.3 Å². The van der Waals surface area contributed by atoms with Gasteiger partial charge < -0.3 is 15.1 Å². The van der Waals surface area contributed by atoms with Crippen LogP contribution in [0.1, 0.15) is 25.5 Å². The second kappa shape index (κ2) is 6.85. The summed E-state index contributed by atoms with van der Waals surface area (Å²) in [6.45, 7) is 5.59. The van der Waals surface area contributed by atoms with Crippen molar-refractivity contribution in [2.45, 2.75) is 32.4 Å². The van der Waals surface area contributed by atoms with Crippen LogP contribution in [-0.4, -0.2) is 63.7 Å². The van der Waals surface area contributed by atoms with Gasteiger partial charge in [-0.15, -0.1) is 0 Å². The Bertz CT molecular complexity index is 609. The molecule has 2 aliphatic heterocycles. The Hall–Kier alpha value is -2.31. The number of aryl methyl sites for hydroxylation is 1. The molecule has 1 atom stereocenters. The molecular weight excluding hydrogens is 294 g/mol. The van der Waals surface area contributed by atoms with Gasteiger partial charge in [0.2, 0.25) is 5.91 Å². The average Bonchev–Trinajstić information content (AvgIpc) is 3.21. The Morgan fingerprint density at radius 2 is 2.35 bits per heavy atom. The van der Waals surface area contributed by atoms with Crippen LogP contribution in [0, 0.1) is 0 Å². The molecule has 0 aromatic carbocycles. The molecule has 0 bridgehead atoms. The van der Waals surface area contributed by atoms with Crippen molar-refractivity contribution in [3.8, 4) is 0 Å². The second-order valence-electron chi connectivity index (χ2n) is 5.91. The molecule has 3 heterocycles. The van der Waals surface area contributed by atoms with Crippen LogP contribution in [0.25, 0.3) is 6.08 Å². The summed E-state index contributed by atoms with van der Waals surface area (Å²) in [4.78, 5) is 27.9. The number of likely N-dealkylation sites (tertiary alicyclic amines) is 1. The molecule has 3 rings (SSSR count). The molecule has 1 unspecified atom stereocenters. The molecular formula is C16H23N5O2. The van der Waals surface area contributed by atoms with Crippen molar-refractivity contribution in [2.75, 3.05) is 26.2 Å². The fraction of sp³-hybridized carbons (Fsp3) is 0.562. The lowest BCUT2D eigenvalue weighted by atomic mass is 10.0. The molecule has 7 heteroatoms. The van der Waals surface area contributed by atoms with Crippen LogP contribution in [0.5, 0.6) is 0 Å². The number of piperidine rings is 1. The lowest BCUT2D eigenvalue weighted by molar-refractivity contribution is -0.127. The van der Waals surface area contributed by atoms with Crippen molar-refractivity contribution >= 4 is 18.0 Å². The van der Waals surface area contributed by atoms with Crippen LogP contribution in [0.3, 0.4) is 0 Å². The quantitative estimate of drug-likeness (QED) is 0.840. The summed E-state index contributed by atoms with van der Waals surface area (Å²) in [7, 11) is 0. The van der Waals surface area contributed by atoms with Gasteiger partial charge in [0, 0.05) is 45.0 Å². The minimum Gasteiger partial charge on any atom is -0.337 e. The van der Waals surface area contributed by atoms with E-state index in [1.54, 1.807) is 12.3 Å². The average molecular weight is 317 g/mol. The number of rotatable bonds is 4. The van der Waals surface area contributed by atoms with Crippen LogP contribution in [0.4, 0.5) is 4.79 Å². The summed E-state index contributed by atoms with van der Waals surface area (Å²) >= 11 is 0. The number of carbonyl (C=O) groups excluding carboxylic acids is 2. The van der Waals surface area contributed by atoms with E-state index in [-0.39, 0.29) is 18.0 Å². The number of hydrogen-bond acceptors (Lipinski definition) is 3. The zero-order valence-electron chi connectivity index (χ0n) is 13.4. The molecule has 7 nitrogen and oxygen atoms in total. The lowest BCUT2D eigenvalue weighted by Crippen LogP contribution is -2.50. The van der Waals surface area contributed by atoms with Gasteiger partial charge in [-0.25, -0.2) is 4.79 Å². The van der Waals surface area contributed by atoms with Crippen molar-refractivity contribution in [3.63, 3.8) is 0 Å². The normalized spacial score (nSPS) is 22.0. The van der Waals surface area contributed by atoms with Crippen molar-refractivity contribution in [3.05, 3.63) is 24.0 Å². The highest BCUT2D eigenvalue weighted by Gasteiger charge is 2.32. The standard InChI is InChI=1S/C16H23N5O2/c1-2-21-13(7-8-18-21)5-6-15(22)19-10-3-4-14(12-19)20-11-9-17-16(20)23/h5-8,14H,2-4,9-12H2,1H3,(H,17,23)/b6-5+. The van der Waals surface area contributed by atoms with Crippen LogP contribution in [0.2, 0.25) is 0 Å². The van der Waals surface area contributed by atoms with E-state index in [9.17, 15) is 9.59 Å². The van der Waals surface area contributed by atoms with Crippen molar-refractivity contribution < 1.29 is 9.59 Å². The van der Waals surface area contributed by atoms with E-state index in [0.717, 1.165) is 38.2 Å². The van der Waals surface area contributed by atoms with E-state index in [2.05, 4.69) is 10.4 Å². The monoisotopic (exact) mass is 317 g/mol. The third-order valence-electron chi connectivity index (χ3n) is 4.48. The van der Waals surface area contributed by atoms with Gasteiger partial charge in [0.1, 0.15) is 0 Å². The predicted molar refractivity (Wildman–Crippen MR) is 86.6 cm³/mol. The summed E-state index contributed by atoms with van der Waals surface area (Å²) in [5.41, 5.74) is 0.924. The Morgan fingerprint density at radius 3 is 3.09 bits per heavy atom. The summed E-state index contributed by atoms with van der Waals surface area (Å²) < 4.78 is 1.84. The topological polar surface area (TPSA) is 70.5 Å². The van der Waals surface area contributed by atoms with Gasteiger partial charge in [0.05, 0.1) is 11.7 Å². The molecule has 2 saturated heterocycles. The largest absolute Gasteiger partial charge is 0.337 e. The number of amides is 3. The van der Waals surface area contributed by atoms with Gasteiger partial charge in [-0.3, -0.25) is 9.48 Å². The maximum atomic E-state index is 12.4. The first-order valence-electron chi connectivity index (χ1n) is 8.22. The van der Waals surface area contributed by atoms with E-state index >= 15 is 0 Å². The number of nitrogens with zero attached hydrogens (tertiary/aromatic N) is 4. The molecule has 0 saturated carbocycles. The number of hydrogen-bond donors (Lipinski definition) is 1. The first-order valence-corrected chi connectivity index (χ1v) is 8.22. The highest BCUT2D eigenvalue weighted by molar-refractivity contribution is 5.91. The smallest absolute Gasteiger partial charge is 0.317 e. The van der Waals surface area contributed by atoms with E-state index < -0.39 is 0 Å². The maximum absolute atomic E-state index is 12.4. The van der Waals surface area contributed by atoms with Gasteiger partial charge in [0.15, 0.2) is 0 Å². The molecule has 0 radical (unpaired) electrons. The molecule has 2 fully saturated rings. The van der Waals surface area contributed by atoms with E-state index in [1.807, 2.05) is 33.5 Å². The first-order chi connectivity index (χ1) is 11.2. The first kappa shape index (κ1) is 15.6. The van der Waals surface area contributed by atoms with Crippen LogP contribution >= 0.6 is 0 Å². The van der Waals surface area contributed by atoms with E-state index in [1.165, 1.54) is 0 Å². The molecule has 0 spiro atoms. The molecule has 0 aliphatic carbocycles. The number of carbonyl (C=O) groups is 2. The maximum Gasteiger partial charge on any atom is 0.317 e. The number of urea groups is 1. The van der Waals surface area contributed by atoms with E-state index in [0.29, 0.717) is 13.1 Å². The van der Waals surface area contributed by atoms with Crippen molar-refractivity contribution in [1.29, 1.82) is 0 Å². The van der Waals surface area contributed by atoms with Gasteiger partial charge in [-0.05, 0) is 31.9 Å². The van der Waals surface area contributed by atoms with Crippen molar-refractivity contribution in [2.24, 2.45) is 0 Å².